The molecule has 2 aromatic heterocycles. The Hall–Kier alpha value is -2.35. The molecule has 0 spiro atoms. The van der Waals surface area contributed by atoms with Crippen LogP contribution in [-0.2, 0) is 18.4 Å². The molecule has 0 fully saturated rings. The molecule has 2 N–H and O–H groups in total. The monoisotopic (exact) mass is 308 g/mol. The summed E-state index contributed by atoms with van der Waals surface area (Å²) < 4.78 is 1.65. The van der Waals surface area contributed by atoms with E-state index in [1.807, 2.05) is 0 Å². The highest BCUT2D eigenvalue weighted by molar-refractivity contribution is 7.10. The fraction of sp³-hybridized carbons (Fsp3) is 0.308. The molecule has 0 bridgehead atoms. The first-order valence-electron chi connectivity index (χ1n) is 6.22. The highest BCUT2D eigenvalue weighted by atomic mass is 32.1. The van der Waals surface area contributed by atoms with Crippen LogP contribution in [0, 0.1) is 0 Å². The van der Waals surface area contributed by atoms with Gasteiger partial charge >= 0.3 is 12.0 Å². The summed E-state index contributed by atoms with van der Waals surface area (Å²) in [5, 5.41) is 17.5. The summed E-state index contributed by atoms with van der Waals surface area (Å²) in [4.78, 5) is 25.4. The van der Waals surface area contributed by atoms with Gasteiger partial charge in [0.2, 0.25) is 0 Å². The first-order chi connectivity index (χ1) is 9.97. The molecule has 0 aliphatic heterocycles. The molecule has 0 radical (unpaired) electrons. The summed E-state index contributed by atoms with van der Waals surface area (Å²) >= 11 is 1.29. The van der Waals surface area contributed by atoms with Crippen LogP contribution < -0.4 is 5.32 Å². The number of carbonyl (C=O) groups excluding carboxylic acids is 1. The Morgan fingerprint density at radius 1 is 1.57 bits per heavy atom. The lowest BCUT2D eigenvalue weighted by molar-refractivity contribution is -0.139. The first-order valence-corrected chi connectivity index (χ1v) is 7.10. The predicted octanol–water partition coefficient (Wildman–Crippen LogP) is 1.45. The fourth-order valence-electron chi connectivity index (χ4n) is 1.84. The van der Waals surface area contributed by atoms with Gasteiger partial charge in [0.05, 0.1) is 12.7 Å². The molecular formula is C13H16N4O3S. The Balaban J connectivity index is 2.00. The van der Waals surface area contributed by atoms with Gasteiger partial charge in [0.1, 0.15) is 0 Å². The zero-order valence-corrected chi connectivity index (χ0v) is 12.5. The second-order valence-corrected chi connectivity index (χ2v) is 5.59. The maximum Gasteiger partial charge on any atom is 0.331 e. The minimum Gasteiger partial charge on any atom is -0.479 e. The van der Waals surface area contributed by atoms with E-state index < -0.39 is 18.0 Å². The van der Waals surface area contributed by atoms with Crippen molar-refractivity contribution in [3.63, 3.8) is 0 Å². The fourth-order valence-corrected chi connectivity index (χ4v) is 2.61. The van der Waals surface area contributed by atoms with Gasteiger partial charge in [0, 0.05) is 30.7 Å². The molecule has 0 saturated heterocycles. The van der Waals surface area contributed by atoms with Gasteiger partial charge < -0.3 is 15.3 Å². The van der Waals surface area contributed by atoms with Crippen molar-refractivity contribution >= 4 is 23.3 Å². The van der Waals surface area contributed by atoms with Crippen molar-refractivity contribution in [1.82, 2.24) is 20.0 Å². The molecule has 0 aliphatic carbocycles. The summed E-state index contributed by atoms with van der Waals surface area (Å²) in [5.41, 5.74) is 0.873. The van der Waals surface area contributed by atoms with Crippen molar-refractivity contribution < 1.29 is 14.7 Å². The van der Waals surface area contributed by atoms with Gasteiger partial charge in [-0.25, -0.2) is 9.59 Å². The molecule has 7 nitrogen and oxygen atoms in total. The molecule has 0 aromatic carbocycles. The van der Waals surface area contributed by atoms with Crippen molar-refractivity contribution in [1.29, 1.82) is 0 Å². The molecule has 0 saturated carbocycles. The maximum absolute atomic E-state index is 12.1. The van der Waals surface area contributed by atoms with E-state index in [4.69, 9.17) is 0 Å². The molecule has 112 valence electrons. The highest BCUT2D eigenvalue weighted by Gasteiger charge is 2.24. The summed E-state index contributed by atoms with van der Waals surface area (Å²) in [5.74, 6) is -1.08. The summed E-state index contributed by atoms with van der Waals surface area (Å²) in [6.45, 7) is 0.358. The van der Waals surface area contributed by atoms with Crippen LogP contribution in [0.3, 0.4) is 0 Å². The van der Waals surface area contributed by atoms with E-state index >= 15 is 0 Å². The molecule has 0 aliphatic rings. The van der Waals surface area contributed by atoms with E-state index in [0.717, 1.165) is 5.56 Å². The van der Waals surface area contributed by atoms with Crippen LogP contribution in [0.4, 0.5) is 4.79 Å². The standard InChI is InChI=1S/C13H16N4O3S/c1-16(7-9-6-14-17(2)8-9)13(20)15-11(12(18)19)10-4-3-5-21-10/h3-6,8,11H,7H2,1-2H3,(H,15,20)(H,18,19). The van der Waals surface area contributed by atoms with Crippen LogP contribution in [0.5, 0.6) is 0 Å². The summed E-state index contributed by atoms with van der Waals surface area (Å²) in [6.07, 6.45) is 3.47. The van der Waals surface area contributed by atoms with Crippen LogP contribution in [0.2, 0.25) is 0 Å². The largest absolute Gasteiger partial charge is 0.479 e. The highest BCUT2D eigenvalue weighted by Crippen LogP contribution is 2.19. The summed E-state index contributed by atoms with van der Waals surface area (Å²) in [6, 6.07) is 1.96. The van der Waals surface area contributed by atoms with Crippen LogP contribution in [-0.4, -0.2) is 38.8 Å². The molecule has 2 heterocycles. The Kier molecular flexibility index (Phi) is 4.59. The number of amides is 2. The lowest BCUT2D eigenvalue weighted by atomic mass is 10.2. The van der Waals surface area contributed by atoms with Crippen LogP contribution in [0.1, 0.15) is 16.5 Å². The molecule has 2 rings (SSSR count). The third-order valence-electron chi connectivity index (χ3n) is 2.87. The van der Waals surface area contributed by atoms with Gasteiger partial charge in [-0.3, -0.25) is 4.68 Å². The van der Waals surface area contributed by atoms with E-state index in [-0.39, 0.29) is 0 Å². The zero-order valence-electron chi connectivity index (χ0n) is 11.7. The minimum absolute atomic E-state index is 0.358. The Bertz CT molecular complexity index is 623. The SMILES string of the molecule is CN(Cc1cnn(C)c1)C(=O)NC(C(=O)O)c1cccs1. The third kappa shape index (κ3) is 3.82. The maximum atomic E-state index is 12.1. The number of carbonyl (C=O) groups is 2. The number of thiophene rings is 1. The molecule has 1 unspecified atom stereocenters. The number of aryl methyl sites for hydroxylation is 1. The van der Waals surface area contributed by atoms with Crippen molar-refractivity contribution in [2.24, 2.45) is 7.05 Å². The van der Waals surface area contributed by atoms with Gasteiger partial charge in [-0.15, -0.1) is 11.3 Å². The van der Waals surface area contributed by atoms with E-state index in [9.17, 15) is 14.7 Å². The molecule has 8 heteroatoms. The zero-order chi connectivity index (χ0) is 15.4. The van der Waals surface area contributed by atoms with Crippen molar-refractivity contribution in [3.8, 4) is 0 Å². The second-order valence-electron chi connectivity index (χ2n) is 4.61. The predicted molar refractivity (Wildman–Crippen MR) is 77.9 cm³/mol. The van der Waals surface area contributed by atoms with E-state index in [0.29, 0.717) is 11.4 Å². The van der Waals surface area contributed by atoms with E-state index in [2.05, 4.69) is 10.4 Å². The van der Waals surface area contributed by atoms with Gasteiger partial charge in [-0.05, 0) is 11.4 Å². The quantitative estimate of drug-likeness (QED) is 0.875. The van der Waals surface area contributed by atoms with E-state index in [1.54, 1.807) is 48.7 Å². The molecule has 21 heavy (non-hydrogen) atoms. The lowest BCUT2D eigenvalue weighted by Crippen LogP contribution is -2.41. The minimum atomic E-state index is -1.08. The smallest absolute Gasteiger partial charge is 0.331 e. The number of carboxylic acids is 1. The van der Waals surface area contributed by atoms with Crippen LogP contribution in [0.25, 0.3) is 0 Å². The average Bonchev–Trinajstić information content (AvgIpc) is 3.07. The van der Waals surface area contributed by atoms with Gasteiger partial charge in [0.15, 0.2) is 6.04 Å². The van der Waals surface area contributed by atoms with Crippen molar-refractivity contribution in [2.45, 2.75) is 12.6 Å². The molecular weight excluding hydrogens is 292 g/mol. The normalized spacial score (nSPS) is 11.9. The molecule has 2 amide bonds. The number of rotatable bonds is 5. The Labute approximate surface area is 125 Å². The van der Waals surface area contributed by atoms with Crippen LogP contribution in [0.15, 0.2) is 29.9 Å². The Morgan fingerprint density at radius 3 is 2.86 bits per heavy atom. The average molecular weight is 308 g/mol. The summed E-state index contributed by atoms with van der Waals surface area (Å²) in [7, 11) is 3.40. The van der Waals surface area contributed by atoms with Gasteiger partial charge in [-0.2, -0.15) is 5.10 Å². The van der Waals surface area contributed by atoms with Crippen molar-refractivity contribution in [3.05, 3.63) is 40.3 Å². The third-order valence-corrected chi connectivity index (χ3v) is 3.80. The van der Waals surface area contributed by atoms with Crippen molar-refractivity contribution in [2.75, 3.05) is 7.05 Å². The number of hydrogen-bond donors (Lipinski definition) is 2. The number of carboxylic acid groups (broad SMARTS) is 1. The molecule has 1 atom stereocenters. The first kappa shape index (κ1) is 15.0. The lowest BCUT2D eigenvalue weighted by Gasteiger charge is -2.20. The number of nitrogens with zero attached hydrogens (tertiary/aromatic N) is 3. The van der Waals surface area contributed by atoms with Crippen LogP contribution >= 0.6 is 11.3 Å². The van der Waals surface area contributed by atoms with Gasteiger partial charge in [-0.1, -0.05) is 6.07 Å². The van der Waals surface area contributed by atoms with E-state index in [1.165, 1.54) is 16.2 Å². The second kappa shape index (κ2) is 6.40. The number of urea groups is 1. The molecule has 2 aromatic rings. The number of aromatic nitrogens is 2. The Morgan fingerprint density at radius 2 is 2.33 bits per heavy atom. The number of aliphatic carboxylic acids is 1. The number of nitrogens with one attached hydrogen (secondary N) is 1. The topological polar surface area (TPSA) is 87.5 Å². The number of hydrogen-bond acceptors (Lipinski definition) is 4. The van der Waals surface area contributed by atoms with Gasteiger partial charge in [0.25, 0.3) is 0 Å².